The first-order chi connectivity index (χ1) is 8.95. The highest BCUT2D eigenvalue weighted by atomic mass is 35.5. The quantitative estimate of drug-likeness (QED) is 0.639. The summed E-state index contributed by atoms with van der Waals surface area (Å²) < 4.78 is 5.69. The average Bonchev–Trinajstić information content (AvgIpc) is 2.37. The number of benzene rings is 1. The zero-order chi connectivity index (χ0) is 14.3. The third kappa shape index (κ3) is 5.35. The van der Waals surface area contributed by atoms with Gasteiger partial charge in [0.05, 0.1) is 0 Å². The fourth-order valence-electron chi connectivity index (χ4n) is 1.49. The van der Waals surface area contributed by atoms with Crippen LogP contribution in [0.15, 0.2) is 36.4 Å². The number of carbonyl (C=O) groups excluding carboxylic acids is 1. The van der Waals surface area contributed by atoms with E-state index in [1.165, 1.54) is 0 Å². The van der Waals surface area contributed by atoms with Gasteiger partial charge in [-0.3, -0.25) is 4.79 Å². The lowest BCUT2D eigenvalue weighted by atomic mass is 10.1. The maximum absolute atomic E-state index is 12.0. The van der Waals surface area contributed by atoms with Crippen LogP contribution in [-0.2, 0) is 4.79 Å². The molecule has 0 saturated carbocycles. The van der Waals surface area contributed by atoms with Crippen LogP contribution in [0.5, 0.6) is 5.75 Å². The van der Waals surface area contributed by atoms with Crippen molar-refractivity contribution < 1.29 is 9.53 Å². The van der Waals surface area contributed by atoms with E-state index in [1.54, 1.807) is 38.1 Å². The number of rotatable bonds is 6. The van der Waals surface area contributed by atoms with Crippen molar-refractivity contribution in [2.45, 2.75) is 32.8 Å². The Labute approximate surface area is 119 Å². The van der Waals surface area contributed by atoms with Crippen molar-refractivity contribution in [1.29, 1.82) is 0 Å². The predicted octanol–water partition coefficient (Wildman–Crippen LogP) is 3.58. The van der Waals surface area contributed by atoms with E-state index in [4.69, 9.17) is 16.3 Å². The second kappa shape index (κ2) is 7.19. The lowest BCUT2D eigenvalue weighted by Gasteiger charge is -2.25. The summed E-state index contributed by atoms with van der Waals surface area (Å²) in [5, 5.41) is 3.49. The van der Waals surface area contributed by atoms with Crippen molar-refractivity contribution in [3.05, 3.63) is 41.4 Å². The molecule has 1 aromatic rings. The third-order valence-corrected chi connectivity index (χ3v) is 2.82. The Morgan fingerprint density at radius 2 is 2.00 bits per heavy atom. The number of allylic oxidation sites excluding steroid dienone is 1. The monoisotopic (exact) mass is 281 g/mol. The van der Waals surface area contributed by atoms with Crippen LogP contribution in [0.2, 0.25) is 5.02 Å². The molecule has 0 aliphatic carbocycles. The Balaban J connectivity index is 2.54. The maximum Gasteiger partial charge on any atom is 0.263 e. The van der Waals surface area contributed by atoms with E-state index < -0.39 is 5.60 Å². The Morgan fingerprint density at radius 1 is 1.37 bits per heavy atom. The van der Waals surface area contributed by atoms with Gasteiger partial charge in [-0.05, 0) is 51.5 Å². The van der Waals surface area contributed by atoms with Gasteiger partial charge in [-0.25, -0.2) is 0 Å². The first kappa shape index (κ1) is 15.6. The largest absolute Gasteiger partial charge is 0.478 e. The van der Waals surface area contributed by atoms with Crippen LogP contribution in [0.25, 0.3) is 0 Å². The molecule has 1 rings (SSSR count). The van der Waals surface area contributed by atoms with Gasteiger partial charge in [0.15, 0.2) is 5.60 Å². The van der Waals surface area contributed by atoms with Gasteiger partial charge in [-0.2, -0.15) is 0 Å². The van der Waals surface area contributed by atoms with Crippen molar-refractivity contribution >= 4 is 17.5 Å². The molecule has 1 aromatic carbocycles. The summed E-state index contributed by atoms with van der Waals surface area (Å²) in [6, 6.07) is 6.96. The summed E-state index contributed by atoms with van der Waals surface area (Å²) in [5.74, 6) is 0.491. The number of ether oxygens (including phenoxy) is 1. The molecule has 0 atom stereocenters. The zero-order valence-electron chi connectivity index (χ0n) is 11.6. The summed E-state index contributed by atoms with van der Waals surface area (Å²) in [6.07, 6.45) is 4.79. The van der Waals surface area contributed by atoms with Crippen molar-refractivity contribution in [2.24, 2.45) is 0 Å². The van der Waals surface area contributed by atoms with E-state index in [2.05, 4.69) is 5.32 Å². The van der Waals surface area contributed by atoms with E-state index in [0.29, 0.717) is 17.3 Å². The molecule has 1 N–H and O–H groups in total. The number of hydrogen-bond donors (Lipinski definition) is 1. The molecule has 0 unspecified atom stereocenters. The van der Waals surface area contributed by atoms with E-state index >= 15 is 0 Å². The van der Waals surface area contributed by atoms with Gasteiger partial charge < -0.3 is 10.1 Å². The molecule has 3 nitrogen and oxygen atoms in total. The molecule has 104 valence electrons. The molecular weight excluding hydrogens is 262 g/mol. The van der Waals surface area contributed by atoms with E-state index in [-0.39, 0.29) is 5.91 Å². The molecule has 0 aromatic heterocycles. The third-order valence-electron chi connectivity index (χ3n) is 2.57. The number of nitrogens with one attached hydrogen (secondary N) is 1. The van der Waals surface area contributed by atoms with Gasteiger partial charge in [0.1, 0.15) is 5.75 Å². The lowest BCUT2D eigenvalue weighted by Crippen LogP contribution is -2.46. The number of carbonyl (C=O) groups is 1. The average molecular weight is 282 g/mol. The molecule has 0 aliphatic heterocycles. The molecule has 19 heavy (non-hydrogen) atoms. The summed E-state index contributed by atoms with van der Waals surface area (Å²) in [6.45, 7) is 6.05. The fourth-order valence-corrected chi connectivity index (χ4v) is 1.62. The molecule has 0 fully saturated rings. The van der Waals surface area contributed by atoms with Crippen molar-refractivity contribution in [3.63, 3.8) is 0 Å². The predicted molar refractivity (Wildman–Crippen MR) is 78.6 cm³/mol. The molecule has 1 amide bonds. The lowest BCUT2D eigenvalue weighted by molar-refractivity contribution is -0.134. The van der Waals surface area contributed by atoms with Crippen molar-refractivity contribution in [3.8, 4) is 5.75 Å². The highest BCUT2D eigenvalue weighted by Crippen LogP contribution is 2.20. The van der Waals surface area contributed by atoms with Crippen LogP contribution < -0.4 is 10.1 Å². The number of hydrogen-bond acceptors (Lipinski definition) is 2. The number of halogens is 1. The summed E-state index contributed by atoms with van der Waals surface area (Å²) >= 11 is 5.80. The standard InChI is InChI=1S/C15H20ClNO2/c1-4-5-6-11-17-14(18)15(2,3)19-13-9-7-12(16)8-10-13/h4-5,7-10H,6,11H2,1-3H3,(H,17,18)/b5-4+. The highest BCUT2D eigenvalue weighted by Gasteiger charge is 2.29. The van der Waals surface area contributed by atoms with Crippen molar-refractivity contribution in [1.82, 2.24) is 5.32 Å². The van der Waals surface area contributed by atoms with Gasteiger partial charge in [0.2, 0.25) is 0 Å². The number of amides is 1. The second-order valence-corrected chi connectivity index (χ2v) is 5.12. The Kier molecular flexibility index (Phi) is 5.90. The molecule has 0 bridgehead atoms. The van der Waals surface area contributed by atoms with Gasteiger partial charge >= 0.3 is 0 Å². The molecule has 0 spiro atoms. The maximum atomic E-state index is 12.0. The zero-order valence-corrected chi connectivity index (χ0v) is 12.3. The van der Waals surface area contributed by atoms with Gasteiger partial charge in [0, 0.05) is 11.6 Å². The smallest absolute Gasteiger partial charge is 0.263 e. The van der Waals surface area contributed by atoms with Gasteiger partial charge in [-0.15, -0.1) is 0 Å². The molecule has 0 aliphatic rings. The fraction of sp³-hybridized carbons (Fsp3) is 0.400. The van der Waals surface area contributed by atoms with Crippen LogP contribution in [0.3, 0.4) is 0 Å². The minimum absolute atomic E-state index is 0.132. The summed E-state index contributed by atoms with van der Waals surface area (Å²) in [5.41, 5.74) is -0.913. The Bertz CT molecular complexity index is 438. The van der Waals surface area contributed by atoms with Gasteiger partial charge in [0.25, 0.3) is 5.91 Å². The highest BCUT2D eigenvalue weighted by molar-refractivity contribution is 6.30. The normalized spacial score (nSPS) is 11.6. The van der Waals surface area contributed by atoms with Crippen LogP contribution >= 0.6 is 11.6 Å². The topological polar surface area (TPSA) is 38.3 Å². The SMILES string of the molecule is C/C=C/CCNC(=O)C(C)(C)Oc1ccc(Cl)cc1. The van der Waals surface area contributed by atoms with Gasteiger partial charge in [-0.1, -0.05) is 23.8 Å². The van der Waals surface area contributed by atoms with Crippen LogP contribution in [0.1, 0.15) is 27.2 Å². The summed E-state index contributed by atoms with van der Waals surface area (Å²) in [4.78, 5) is 12.0. The van der Waals surface area contributed by atoms with Crippen molar-refractivity contribution in [2.75, 3.05) is 6.54 Å². The molecule has 0 saturated heterocycles. The minimum atomic E-state index is -0.913. The van der Waals surface area contributed by atoms with E-state index in [0.717, 1.165) is 6.42 Å². The Morgan fingerprint density at radius 3 is 2.58 bits per heavy atom. The molecule has 0 heterocycles. The van der Waals surface area contributed by atoms with E-state index in [9.17, 15) is 4.79 Å². The minimum Gasteiger partial charge on any atom is -0.478 e. The van der Waals surface area contributed by atoms with Crippen LogP contribution in [-0.4, -0.2) is 18.1 Å². The molecule has 0 radical (unpaired) electrons. The first-order valence-electron chi connectivity index (χ1n) is 6.30. The first-order valence-corrected chi connectivity index (χ1v) is 6.67. The van der Waals surface area contributed by atoms with E-state index in [1.807, 2.05) is 19.1 Å². The molecule has 4 heteroatoms. The molecular formula is C15H20ClNO2. The Hall–Kier alpha value is -1.48. The second-order valence-electron chi connectivity index (χ2n) is 4.68. The summed E-state index contributed by atoms with van der Waals surface area (Å²) in [7, 11) is 0. The van der Waals surface area contributed by atoms with Crippen LogP contribution in [0, 0.1) is 0 Å². The van der Waals surface area contributed by atoms with Crippen LogP contribution in [0.4, 0.5) is 0 Å².